The van der Waals surface area contributed by atoms with Gasteiger partial charge in [-0.2, -0.15) is 11.8 Å². The van der Waals surface area contributed by atoms with Crippen LogP contribution in [0.4, 0.5) is 0 Å². The highest BCUT2D eigenvalue weighted by Crippen LogP contribution is 2.42. The predicted molar refractivity (Wildman–Crippen MR) is 96.2 cm³/mol. The Morgan fingerprint density at radius 3 is 2.33 bits per heavy atom. The van der Waals surface area contributed by atoms with Crippen LogP contribution in [0.15, 0.2) is 0 Å². The molecule has 2 atom stereocenters. The fourth-order valence-electron chi connectivity index (χ4n) is 4.06. The van der Waals surface area contributed by atoms with Crippen molar-refractivity contribution in [3.63, 3.8) is 0 Å². The van der Waals surface area contributed by atoms with Gasteiger partial charge in [-0.15, -0.1) is 0 Å². The maximum absolute atomic E-state index is 3.83. The van der Waals surface area contributed by atoms with E-state index in [4.69, 9.17) is 0 Å². The Kier molecular flexibility index (Phi) is 5.71. The van der Waals surface area contributed by atoms with E-state index in [1.165, 1.54) is 38.8 Å². The SMILES string of the molecule is CSC1(CN2CC(C(C)(C)C)NCC2C(C)C)CCCC1. The quantitative estimate of drug-likeness (QED) is 0.844. The smallest absolute Gasteiger partial charge is 0.0284 e. The number of nitrogens with one attached hydrogen (secondary N) is 1. The van der Waals surface area contributed by atoms with Gasteiger partial charge in [0, 0.05) is 36.5 Å². The second kappa shape index (κ2) is 6.80. The molecule has 3 heteroatoms. The highest BCUT2D eigenvalue weighted by atomic mass is 32.2. The summed E-state index contributed by atoms with van der Waals surface area (Å²) in [6.45, 7) is 15.6. The van der Waals surface area contributed by atoms with Crippen molar-refractivity contribution in [3.05, 3.63) is 0 Å². The molecule has 0 bridgehead atoms. The first-order valence-corrected chi connectivity index (χ1v) is 10.0. The minimum absolute atomic E-state index is 0.350. The second-order valence-corrected chi connectivity index (χ2v) is 9.94. The number of rotatable bonds is 4. The van der Waals surface area contributed by atoms with Crippen molar-refractivity contribution in [2.75, 3.05) is 25.9 Å². The van der Waals surface area contributed by atoms with Crippen LogP contribution in [-0.4, -0.2) is 47.6 Å². The molecule has 124 valence electrons. The Labute approximate surface area is 136 Å². The molecule has 0 aromatic carbocycles. The van der Waals surface area contributed by atoms with Crippen LogP contribution in [0.2, 0.25) is 0 Å². The van der Waals surface area contributed by atoms with Gasteiger partial charge in [0.25, 0.3) is 0 Å². The zero-order valence-corrected chi connectivity index (χ0v) is 15.9. The van der Waals surface area contributed by atoms with Crippen molar-refractivity contribution in [3.8, 4) is 0 Å². The molecular weight excluding hydrogens is 276 g/mol. The monoisotopic (exact) mass is 312 g/mol. The van der Waals surface area contributed by atoms with E-state index in [1.54, 1.807) is 0 Å². The number of hydrogen-bond donors (Lipinski definition) is 1. The van der Waals surface area contributed by atoms with Crippen molar-refractivity contribution in [2.24, 2.45) is 11.3 Å². The molecule has 2 fully saturated rings. The molecule has 1 heterocycles. The minimum Gasteiger partial charge on any atom is -0.311 e. The van der Waals surface area contributed by atoms with Gasteiger partial charge >= 0.3 is 0 Å². The normalized spacial score (nSPS) is 31.0. The van der Waals surface area contributed by atoms with E-state index in [0.29, 0.717) is 22.2 Å². The van der Waals surface area contributed by atoms with Crippen molar-refractivity contribution in [1.82, 2.24) is 10.2 Å². The van der Waals surface area contributed by atoms with Crippen LogP contribution < -0.4 is 5.32 Å². The van der Waals surface area contributed by atoms with Gasteiger partial charge < -0.3 is 5.32 Å². The molecule has 2 nitrogen and oxygen atoms in total. The van der Waals surface area contributed by atoms with E-state index < -0.39 is 0 Å². The molecular formula is C18H36N2S. The molecule has 2 unspecified atom stereocenters. The molecule has 0 aromatic rings. The molecule has 1 saturated heterocycles. The third-order valence-corrected chi connectivity index (χ3v) is 7.12. The summed E-state index contributed by atoms with van der Waals surface area (Å²) in [5.74, 6) is 0.735. The topological polar surface area (TPSA) is 15.3 Å². The van der Waals surface area contributed by atoms with Crippen molar-refractivity contribution < 1.29 is 0 Å². The number of hydrogen-bond acceptors (Lipinski definition) is 3. The molecule has 21 heavy (non-hydrogen) atoms. The lowest BCUT2D eigenvalue weighted by atomic mass is 9.83. The third kappa shape index (κ3) is 4.17. The first-order chi connectivity index (χ1) is 9.77. The molecule has 2 rings (SSSR count). The molecule has 0 radical (unpaired) electrons. The maximum Gasteiger partial charge on any atom is 0.0284 e. The van der Waals surface area contributed by atoms with Gasteiger partial charge in [-0.25, -0.2) is 0 Å². The fourth-order valence-corrected chi connectivity index (χ4v) is 5.05. The van der Waals surface area contributed by atoms with Gasteiger partial charge in [-0.05, 0) is 30.4 Å². The third-order valence-electron chi connectivity index (χ3n) is 5.71. The standard InChI is InChI=1S/C18H36N2S/c1-14(2)15-11-19-16(17(3,4)5)12-20(15)13-18(21-6)9-7-8-10-18/h14-16,19H,7-13H2,1-6H3. The highest BCUT2D eigenvalue weighted by Gasteiger charge is 2.41. The van der Waals surface area contributed by atoms with Crippen LogP contribution in [0.5, 0.6) is 0 Å². The van der Waals surface area contributed by atoms with E-state index in [9.17, 15) is 0 Å². The molecule has 1 aliphatic heterocycles. The summed E-state index contributed by atoms with van der Waals surface area (Å²) in [4.78, 5) is 2.83. The summed E-state index contributed by atoms with van der Waals surface area (Å²) in [6.07, 6.45) is 8.04. The molecule has 1 N–H and O–H groups in total. The van der Waals surface area contributed by atoms with Gasteiger partial charge in [-0.3, -0.25) is 4.90 Å². The van der Waals surface area contributed by atoms with Crippen LogP contribution in [-0.2, 0) is 0 Å². The first-order valence-electron chi connectivity index (χ1n) is 8.80. The lowest BCUT2D eigenvalue weighted by Crippen LogP contribution is -2.63. The average molecular weight is 313 g/mol. The zero-order valence-electron chi connectivity index (χ0n) is 15.0. The van der Waals surface area contributed by atoms with E-state index in [1.807, 2.05) is 0 Å². The Morgan fingerprint density at radius 1 is 1.24 bits per heavy atom. The van der Waals surface area contributed by atoms with E-state index in [-0.39, 0.29) is 0 Å². The molecule has 2 aliphatic rings. The van der Waals surface area contributed by atoms with E-state index >= 15 is 0 Å². The van der Waals surface area contributed by atoms with Crippen molar-refractivity contribution in [1.29, 1.82) is 0 Å². The summed E-state index contributed by atoms with van der Waals surface area (Å²) in [7, 11) is 0. The number of nitrogens with zero attached hydrogens (tertiary/aromatic N) is 1. The Balaban J connectivity index is 2.10. The van der Waals surface area contributed by atoms with Crippen molar-refractivity contribution >= 4 is 11.8 Å². The van der Waals surface area contributed by atoms with Gasteiger partial charge in [0.1, 0.15) is 0 Å². The lowest BCUT2D eigenvalue weighted by Gasteiger charge is -2.49. The van der Waals surface area contributed by atoms with Gasteiger partial charge in [0.15, 0.2) is 0 Å². The fraction of sp³-hybridized carbons (Fsp3) is 1.00. The average Bonchev–Trinajstić information content (AvgIpc) is 2.86. The summed E-state index contributed by atoms with van der Waals surface area (Å²) >= 11 is 2.13. The summed E-state index contributed by atoms with van der Waals surface area (Å²) in [5, 5.41) is 3.83. The first kappa shape index (κ1) is 17.6. The highest BCUT2D eigenvalue weighted by molar-refractivity contribution is 8.00. The van der Waals surface area contributed by atoms with Crippen LogP contribution in [0, 0.1) is 11.3 Å². The van der Waals surface area contributed by atoms with Gasteiger partial charge in [-0.1, -0.05) is 47.5 Å². The zero-order chi connectivity index (χ0) is 15.7. The van der Waals surface area contributed by atoms with E-state index in [2.05, 4.69) is 62.9 Å². The Morgan fingerprint density at radius 2 is 1.86 bits per heavy atom. The van der Waals surface area contributed by atoms with Crippen molar-refractivity contribution in [2.45, 2.75) is 77.1 Å². The maximum atomic E-state index is 3.83. The summed E-state index contributed by atoms with van der Waals surface area (Å²) in [5.41, 5.74) is 0.350. The van der Waals surface area contributed by atoms with Gasteiger partial charge in [0.05, 0.1) is 0 Å². The predicted octanol–water partition coefficient (Wildman–Crippen LogP) is 4.01. The minimum atomic E-state index is 0.350. The van der Waals surface area contributed by atoms with Crippen LogP contribution in [0.3, 0.4) is 0 Å². The van der Waals surface area contributed by atoms with Gasteiger partial charge in [0.2, 0.25) is 0 Å². The molecule has 0 aromatic heterocycles. The number of piperazine rings is 1. The second-order valence-electron chi connectivity index (χ2n) is 8.66. The summed E-state index contributed by atoms with van der Waals surface area (Å²) < 4.78 is 0.535. The van der Waals surface area contributed by atoms with Crippen LogP contribution in [0.25, 0.3) is 0 Å². The Bertz CT molecular complexity index is 329. The number of thioether (sulfide) groups is 1. The molecule has 1 aliphatic carbocycles. The molecule has 0 spiro atoms. The molecule has 1 saturated carbocycles. The van der Waals surface area contributed by atoms with E-state index in [0.717, 1.165) is 12.5 Å². The Hall–Kier alpha value is 0.270. The summed E-state index contributed by atoms with van der Waals surface area (Å²) in [6, 6.07) is 1.32. The lowest BCUT2D eigenvalue weighted by molar-refractivity contribution is 0.0557. The van der Waals surface area contributed by atoms with Crippen LogP contribution in [0.1, 0.15) is 60.3 Å². The largest absolute Gasteiger partial charge is 0.311 e. The van der Waals surface area contributed by atoms with Crippen LogP contribution >= 0.6 is 11.8 Å². The molecule has 0 amide bonds.